The normalized spacial score (nSPS) is 18.0. The molecular weight excluding hydrogens is 526 g/mol. The molecule has 2 saturated carbocycles. The van der Waals surface area contributed by atoms with Crippen LogP contribution < -0.4 is 16.2 Å². The number of benzene rings is 1. The van der Waals surface area contributed by atoms with Crippen LogP contribution in [-0.4, -0.2) is 30.2 Å². The Morgan fingerprint density at radius 2 is 1.90 bits per heavy atom. The first kappa shape index (κ1) is 24.5. The number of amides is 1. The molecule has 7 rings (SSSR count). The van der Waals surface area contributed by atoms with Crippen LogP contribution >= 0.6 is 11.6 Å². The zero-order valence-corrected chi connectivity index (χ0v) is 22.2. The molecule has 40 heavy (non-hydrogen) atoms. The Morgan fingerprint density at radius 3 is 2.73 bits per heavy atom. The standard InChI is InChI=1S/C30H26ClN7O2/c31-20-4-1-3-18(9-20)23-11-25(23)30(40)37-27-12-26(34-16-35-27)33-13-21-15-38-14-19(17-6-7-17)10-24(28(38)36-21)22-5-2-8-32-29(22)39/h1-5,8-10,12,14-17,23,25H,6-7,11,13H2,(H,32,39)(H2,33,34,35,37,40)/t23-,25+/m1/s1. The quantitative estimate of drug-likeness (QED) is 0.239. The fourth-order valence-electron chi connectivity index (χ4n) is 5.24. The Kier molecular flexibility index (Phi) is 6.08. The van der Waals surface area contributed by atoms with Crippen LogP contribution in [0.4, 0.5) is 11.6 Å². The fraction of sp³-hybridized carbons (Fsp3) is 0.233. The topological polar surface area (TPSA) is 117 Å². The molecule has 2 aliphatic carbocycles. The van der Waals surface area contributed by atoms with Crippen LogP contribution in [0.3, 0.4) is 0 Å². The van der Waals surface area contributed by atoms with Gasteiger partial charge in [0.15, 0.2) is 0 Å². The van der Waals surface area contributed by atoms with Crippen LogP contribution in [0.25, 0.3) is 16.8 Å². The third-order valence-electron chi connectivity index (χ3n) is 7.55. The highest BCUT2D eigenvalue weighted by molar-refractivity contribution is 6.30. The second-order valence-electron chi connectivity index (χ2n) is 10.5. The van der Waals surface area contributed by atoms with Crippen molar-refractivity contribution in [2.24, 2.45) is 5.92 Å². The van der Waals surface area contributed by atoms with E-state index < -0.39 is 0 Å². The number of imidazole rings is 1. The van der Waals surface area contributed by atoms with Gasteiger partial charge in [-0.2, -0.15) is 0 Å². The molecule has 0 unspecified atom stereocenters. The van der Waals surface area contributed by atoms with Crippen LogP contribution in [-0.2, 0) is 11.3 Å². The number of halogens is 1. The van der Waals surface area contributed by atoms with Gasteiger partial charge in [0, 0.05) is 41.2 Å². The summed E-state index contributed by atoms with van der Waals surface area (Å²) >= 11 is 6.11. The van der Waals surface area contributed by atoms with E-state index in [0.29, 0.717) is 34.7 Å². The highest BCUT2D eigenvalue weighted by Gasteiger charge is 2.44. The van der Waals surface area contributed by atoms with E-state index in [-0.39, 0.29) is 23.3 Å². The first-order valence-corrected chi connectivity index (χ1v) is 13.7. The molecule has 1 aromatic carbocycles. The minimum Gasteiger partial charge on any atom is -0.364 e. The number of H-pyrrole nitrogens is 1. The summed E-state index contributed by atoms with van der Waals surface area (Å²) in [5.41, 5.74) is 5.10. The number of anilines is 2. The van der Waals surface area contributed by atoms with Crippen molar-refractivity contribution in [1.82, 2.24) is 24.3 Å². The minimum absolute atomic E-state index is 0.0649. The number of hydrogen-bond acceptors (Lipinski definition) is 6. The second kappa shape index (κ2) is 9.91. The number of aromatic amines is 1. The highest BCUT2D eigenvalue weighted by atomic mass is 35.5. The van der Waals surface area contributed by atoms with Crippen LogP contribution in [0, 0.1) is 5.92 Å². The number of fused-ring (bicyclic) bond motifs is 1. The molecule has 4 heterocycles. The lowest BCUT2D eigenvalue weighted by Crippen LogP contribution is -2.16. The largest absolute Gasteiger partial charge is 0.364 e. The summed E-state index contributed by atoms with van der Waals surface area (Å²) in [5.74, 6) is 1.54. The molecule has 3 N–H and O–H groups in total. The van der Waals surface area contributed by atoms with E-state index in [1.165, 1.54) is 11.9 Å². The molecule has 1 amide bonds. The van der Waals surface area contributed by atoms with E-state index in [0.717, 1.165) is 41.7 Å². The predicted octanol–water partition coefficient (Wildman–Crippen LogP) is 5.36. The van der Waals surface area contributed by atoms with Gasteiger partial charge in [0.25, 0.3) is 5.56 Å². The number of pyridine rings is 2. The minimum atomic E-state index is -0.138. The summed E-state index contributed by atoms with van der Waals surface area (Å²) in [6.45, 7) is 0.412. The first-order valence-electron chi connectivity index (χ1n) is 13.3. The van der Waals surface area contributed by atoms with E-state index in [1.54, 1.807) is 12.3 Å². The van der Waals surface area contributed by atoms with E-state index in [4.69, 9.17) is 16.6 Å². The summed E-state index contributed by atoms with van der Waals surface area (Å²) in [5, 5.41) is 6.87. The molecule has 0 saturated heterocycles. The van der Waals surface area contributed by atoms with Crippen molar-refractivity contribution in [1.29, 1.82) is 0 Å². The summed E-state index contributed by atoms with van der Waals surface area (Å²) in [4.78, 5) is 41.5. The third-order valence-corrected chi connectivity index (χ3v) is 7.79. The molecule has 4 aromatic heterocycles. The maximum absolute atomic E-state index is 12.8. The maximum Gasteiger partial charge on any atom is 0.255 e. The molecule has 5 aromatic rings. The van der Waals surface area contributed by atoms with Crippen molar-refractivity contribution in [2.75, 3.05) is 10.6 Å². The Labute approximate surface area is 234 Å². The average Bonchev–Trinajstić information content (AvgIpc) is 3.88. The van der Waals surface area contributed by atoms with Crippen molar-refractivity contribution in [3.63, 3.8) is 0 Å². The highest BCUT2D eigenvalue weighted by Crippen LogP contribution is 2.48. The van der Waals surface area contributed by atoms with Crippen LogP contribution in [0.5, 0.6) is 0 Å². The number of aromatic nitrogens is 5. The van der Waals surface area contributed by atoms with Crippen molar-refractivity contribution < 1.29 is 4.79 Å². The lowest BCUT2D eigenvalue weighted by molar-refractivity contribution is -0.117. The van der Waals surface area contributed by atoms with Crippen LogP contribution in [0.2, 0.25) is 5.02 Å². The SMILES string of the molecule is O=C(Nc1cc(NCc2cn3cc(C4CC4)cc(-c4ccc[nH]c4=O)c3n2)ncn1)[C@H]1C[C@@H]1c1cccc(Cl)c1. The molecular formula is C30H26ClN7O2. The number of carbonyl (C=O) groups is 1. The molecule has 2 fully saturated rings. The number of carbonyl (C=O) groups excluding carboxylic acids is 1. The molecule has 0 bridgehead atoms. The van der Waals surface area contributed by atoms with Gasteiger partial charge < -0.3 is 20.0 Å². The van der Waals surface area contributed by atoms with Gasteiger partial charge in [-0.05, 0) is 72.6 Å². The monoisotopic (exact) mass is 551 g/mol. The molecule has 10 heteroatoms. The van der Waals surface area contributed by atoms with E-state index in [1.807, 2.05) is 47.0 Å². The number of hydrogen-bond donors (Lipinski definition) is 3. The van der Waals surface area contributed by atoms with Gasteiger partial charge in [-0.25, -0.2) is 15.0 Å². The molecule has 200 valence electrons. The number of rotatable bonds is 8. The zero-order chi connectivity index (χ0) is 27.2. The summed E-state index contributed by atoms with van der Waals surface area (Å²) < 4.78 is 2.00. The van der Waals surface area contributed by atoms with Gasteiger partial charge in [0.05, 0.1) is 17.8 Å². The Bertz CT molecular complexity index is 1810. The predicted molar refractivity (Wildman–Crippen MR) is 154 cm³/mol. The Morgan fingerprint density at radius 1 is 1.02 bits per heavy atom. The lowest BCUT2D eigenvalue weighted by atomic mass is 10.0. The summed E-state index contributed by atoms with van der Waals surface area (Å²) in [6, 6.07) is 15.1. The molecule has 9 nitrogen and oxygen atoms in total. The third kappa shape index (κ3) is 4.96. The average molecular weight is 552 g/mol. The Hall–Kier alpha value is -4.50. The summed E-state index contributed by atoms with van der Waals surface area (Å²) in [6.07, 6.45) is 10.2. The van der Waals surface area contributed by atoms with Crippen LogP contribution in [0.15, 0.2) is 78.2 Å². The summed E-state index contributed by atoms with van der Waals surface area (Å²) in [7, 11) is 0. The van der Waals surface area contributed by atoms with Gasteiger partial charge >= 0.3 is 0 Å². The number of nitrogens with zero attached hydrogens (tertiary/aromatic N) is 4. The molecule has 0 aliphatic heterocycles. The Balaban J connectivity index is 1.06. The molecule has 0 spiro atoms. The van der Waals surface area contributed by atoms with Crippen molar-refractivity contribution in [3.05, 3.63) is 106 Å². The zero-order valence-electron chi connectivity index (χ0n) is 21.5. The van der Waals surface area contributed by atoms with Gasteiger partial charge in [-0.1, -0.05) is 23.7 Å². The van der Waals surface area contributed by atoms with Crippen LogP contribution in [0.1, 0.15) is 47.9 Å². The van der Waals surface area contributed by atoms with Gasteiger partial charge in [0.1, 0.15) is 23.6 Å². The van der Waals surface area contributed by atoms with E-state index in [9.17, 15) is 9.59 Å². The second-order valence-corrected chi connectivity index (χ2v) is 10.9. The van der Waals surface area contributed by atoms with Gasteiger partial charge in [0.2, 0.25) is 5.91 Å². The molecule has 2 aliphatic rings. The van der Waals surface area contributed by atoms with Gasteiger partial charge in [-0.15, -0.1) is 0 Å². The first-order chi connectivity index (χ1) is 19.5. The van der Waals surface area contributed by atoms with E-state index >= 15 is 0 Å². The lowest BCUT2D eigenvalue weighted by Gasteiger charge is -2.07. The van der Waals surface area contributed by atoms with Crippen molar-refractivity contribution in [2.45, 2.75) is 37.6 Å². The van der Waals surface area contributed by atoms with E-state index in [2.05, 4.69) is 37.8 Å². The maximum atomic E-state index is 12.8. The smallest absolute Gasteiger partial charge is 0.255 e. The van der Waals surface area contributed by atoms with Gasteiger partial charge in [-0.3, -0.25) is 9.59 Å². The fourth-order valence-corrected chi connectivity index (χ4v) is 5.44. The molecule has 0 radical (unpaired) electrons. The molecule has 2 atom stereocenters. The van der Waals surface area contributed by atoms with Crippen molar-refractivity contribution in [3.8, 4) is 11.1 Å². The van der Waals surface area contributed by atoms with Crippen molar-refractivity contribution >= 4 is 34.8 Å². The number of nitrogens with one attached hydrogen (secondary N) is 3.